The van der Waals surface area contributed by atoms with Gasteiger partial charge in [-0.05, 0) is 35.9 Å². The number of rotatable bonds is 6. The van der Waals surface area contributed by atoms with E-state index in [0.717, 1.165) is 24.0 Å². The Bertz CT molecular complexity index is 1370. The van der Waals surface area contributed by atoms with Crippen molar-refractivity contribution in [3.05, 3.63) is 96.2 Å². The van der Waals surface area contributed by atoms with Crippen LogP contribution in [0, 0.1) is 0 Å². The summed E-state index contributed by atoms with van der Waals surface area (Å²) in [5, 5.41) is 0.597. The molecule has 4 rings (SSSR count). The summed E-state index contributed by atoms with van der Waals surface area (Å²) in [6, 6.07) is 21.1. The molecular weight excluding hydrogens is 469 g/mol. The molecule has 170 valence electrons. The first-order chi connectivity index (χ1) is 15.6. The predicted molar refractivity (Wildman–Crippen MR) is 123 cm³/mol. The third-order valence-electron chi connectivity index (χ3n) is 4.92. The normalized spacial score (nSPS) is 12.1. The molecule has 1 aromatic heterocycles. The van der Waals surface area contributed by atoms with E-state index in [-0.39, 0.29) is 4.90 Å². The number of alkyl halides is 3. The number of hydrogen-bond acceptors (Lipinski definition) is 4. The van der Waals surface area contributed by atoms with Crippen molar-refractivity contribution in [1.82, 2.24) is 9.55 Å². The Balaban J connectivity index is 1.69. The van der Waals surface area contributed by atoms with Gasteiger partial charge in [0.2, 0.25) is 0 Å². The van der Waals surface area contributed by atoms with Gasteiger partial charge in [0.25, 0.3) is 0 Å². The van der Waals surface area contributed by atoms with Gasteiger partial charge in [-0.1, -0.05) is 60.3 Å². The smallest absolute Gasteiger partial charge is 0.294 e. The Kier molecular flexibility index (Phi) is 6.36. The summed E-state index contributed by atoms with van der Waals surface area (Å²) in [7, 11) is -3.40. The summed E-state index contributed by atoms with van der Waals surface area (Å²) in [5.41, 5.74) is 2.25. The van der Waals surface area contributed by atoms with E-state index in [9.17, 15) is 21.6 Å². The fourth-order valence-electron chi connectivity index (χ4n) is 3.20. The van der Waals surface area contributed by atoms with E-state index in [1.807, 2.05) is 36.5 Å². The van der Waals surface area contributed by atoms with E-state index in [1.54, 1.807) is 22.8 Å². The number of nitrogens with zero attached hydrogens (tertiary/aromatic N) is 2. The highest BCUT2D eigenvalue weighted by Crippen LogP contribution is 2.32. The van der Waals surface area contributed by atoms with E-state index in [4.69, 9.17) is 4.98 Å². The van der Waals surface area contributed by atoms with Crippen molar-refractivity contribution in [2.45, 2.75) is 22.0 Å². The molecule has 4 aromatic rings. The first-order valence-corrected chi connectivity index (χ1v) is 12.7. The van der Waals surface area contributed by atoms with Crippen molar-refractivity contribution in [3.8, 4) is 16.9 Å². The minimum absolute atomic E-state index is 0.189. The average molecular weight is 489 g/mol. The van der Waals surface area contributed by atoms with Gasteiger partial charge in [0, 0.05) is 29.5 Å². The quantitative estimate of drug-likeness (QED) is 0.301. The molecule has 0 aliphatic rings. The topological polar surface area (TPSA) is 52.0 Å². The zero-order valence-corrected chi connectivity index (χ0v) is 19.1. The van der Waals surface area contributed by atoms with Gasteiger partial charge in [-0.25, -0.2) is 13.4 Å². The van der Waals surface area contributed by atoms with Gasteiger partial charge >= 0.3 is 6.18 Å². The lowest BCUT2D eigenvalue weighted by atomic mass is 10.1. The molecule has 0 aliphatic carbocycles. The number of hydrogen-bond donors (Lipinski definition) is 0. The van der Waals surface area contributed by atoms with E-state index in [2.05, 4.69) is 0 Å². The van der Waals surface area contributed by atoms with Gasteiger partial charge in [0.05, 0.1) is 16.2 Å². The summed E-state index contributed by atoms with van der Waals surface area (Å²) in [6.07, 6.45) is -1.40. The molecule has 0 fully saturated rings. The Labute approximate surface area is 194 Å². The first kappa shape index (κ1) is 23.1. The van der Waals surface area contributed by atoms with Crippen molar-refractivity contribution in [2.75, 3.05) is 6.26 Å². The average Bonchev–Trinajstić information content (AvgIpc) is 3.22. The van der Waals surface area contributed by atoms with Crippen LogP contribution in [0.25, 0.3) is 16.9 Å². The molecule has 4 nitrogen and oxygen atoms in total. The standard InChI is InChI=1S/C24H19F3N2O2S2/c1-33(30,31)21-9-5-8-20(14-21)29-15-22(18-6-3-2-4-7-18)28-23(29)32-16-17-10-12-19(13-11-17)24(25,26)27/h2-15H,16H2,1H3. The minimum Gasteiger partial charge on any atom is -0.294 e. The lowest BCUT2D eigenvalue weighted by Gasteiger charge is -2.10. The van der Waals surface area contributed by atoms with Crippen LogP contribution in [0.2, 0.25) is 0 Å². The van der Waals surface area contributed by atoms with Gasteiger partial charge in [0.15, 0.2) is 15.0 Å². The predicted octanol–water partition coefficient (Wildman–Crippen LogP) is 6.25. The second-order valence-electron chi connectivity index (χ2n) is 7.40. The van der Waals surface area contributed by atoms with Crippen molar-refractivity contribution in [2.24, 2.45) is 0 Å². The largest absolute Gasteiger partial charge is 0.416 e. The van der Waals surface area contributed by atoms with Gasteiger partial charge in [0.1, 0.15) is 0 Å². The Morgan fingerprint density at radius 3 is 2.27 bits per heavy atom. The lowest BCUT2D eigenvalue weighted by Crippen LogP contribution is -2.04. The summed E-state index contributed by atoms with van der Waals surface area (Å²) < 4.78 is 64.3. The minimum atomic E-state index is -4.38. The molecule has 0 atom stereocenters. The maximum atomic E-state index is 12.8. The molecule has 0 saturated heterocycles. The fraction of sp³-hybridized carbons (Fsp3) is 0.125. The van der Waals surface area contributed by atoms with E-state index < -0.39 is 21.6 Å². The third-order valence-corrected chi connectivity index (χ3v) is 7.05. The van der Waals surface area contributed by atoms with E-state index in [0.29, 0.717) is 27.9 Å². The number of halogens is 3. The summed E-state index contributed by atoms with van der Waals surface area (Å²) in [4.78, 5) is 4.91. The van der Waals surface area contributed by atoms with Crippen molar-refractivity contribution in [3.63, 3.8) is 0 Å². The molecule has 3 aromatic carbocycles. The summed E-state index contributed by atoms with van der Waals surface area (Å²) in [5.74, 6) is 0.398. The maximum Gasteiger partial charge on any atom is 0.416 e. The van der Waals surface area contributed by atoms with Crippen LogP contribution in [0.1, 0.15) is 11.1 Å². The molecule has 0 spiro atoms. The van der Waals surface area contributed by atoms with Crippen LogP contribution in [0.15, 0.2) is 95.1 Å². The molecule has 0 N–H and O–H groups in total. The zero-order valence-electron chi connectivity index (χ0n) is 17.5. The molecule has 0 radical (unpaired) electrons. The lowest BCUT2D eigenvalue weighted by molar-refractivity contribution is -0.137. The van der Waals surface area contributed by atoms with Gasteiger partial charge in [-0.2, -0.15) is 13.2 Å². The number of sulfone groups is 1. The van der Waals surface area contributed by atoms with Crippen LogP contribution in [0.3, 0.4) is 0 Å². The third kappa shape index (κ3) is 5.48. The summed E-state index contributed by atoms with van der Waals surface area (Å²) in [6.45, 7) is 0. The fourth-order valence-corrected chi connectivity index (χ4v) is 4.81. The van der Waals surface area contributed by atoms with Crippen LogP contribution >= 0.6 is 11.8 Å². The molecular formula is C24H19F3N2O2S2. The van der Waals surface area contributed by atoms with Crippen LogP contribution in [0.4, 0.5) is 13.2 Å². The van der Waals surface area contributed by atoms with Crippen LogP contribution in [-0.2, 0) is 21.8 Å². The van der Waals surface area contributed by atoms with Crippen molar-refractivity contribution < 1.29 is 21.6 Å². The van der Waals surface area contributed by atoms with Crippen LogP contribution in [0.5, 0.6) is 0 Å². The second-order valence-corrected chi connectivity index (χ2v) is 10.4. The number of aromatic nitrogens is 2. The van der Waals surface area contributed by atoms with Gasteiger partial charge < -0.3 is 0 Å². The molecule has 0 saturated carbocycles. The Morgan fingerprint density at radius 2 is 1.64 bits per heavy atom. The molecule has 0 unspecified atom stereocenters. The SMILES string of the molecule is CS(=O)(=O)c1cccc(-n2cc(-c3ccccc3)nc2SCc2ccc(C(F)(F)F)cc2)c1. The highest BCUT2D eigenvalue weighted by molar-refractivity contribution is 7.98. The highest BCUT2D eigenvalue weighted by Gasteiger charge is 2.29. The number of thioether (sulfide) groups is 1. The Morgan fingerprint density at radius 1 is 0.939 bits per heavy atom. The number of benzene rings is 3. The molecule has 0 amide bonds. The molecule has 1 heterocycles. The first-order valence-electron chi connectivity index (χ1n) is 9.85. The zero-order chi connectivity index (χ0) is 23.6. The van der Waals surface area contributed by atoms with Crippen LogP contribution < -0.4 is 0 Å². The van der Waals surface area contributed by atoms with Crippen molar-refractivity contribution >= 4 is 21.6 Å². The van der Waals surface area contributed by atoms with Gasteiger partial charge in [-0.15, -0.1) is 0 Å². The monoisotopic (exact) mass is 488 g/mol. The van der Waals surface area contributed by atoms with Gasteiger partial charge in [-0.3, -0.25) is 4.57 Å². The molecule has 9 heteroatoms. The Hall–Kier alpha value is -3.04. The molecule has 33 heavy (non-hydrogen) atoms. The second kappa shape index (κ2) is 9.07. The van der Waals surface area contributed by atoms with Crippen LogP contribution in [-0.4, -0.2) is 24.2 Å². The molecule has 0 aliphatic heterocycles. The number of imidazole rings is 1. The van der Waals surface area contributed by atoms with E-state index in [1.165, 1.54) is 30.0 Å². The molecule has 0 bridgehead atoms. The van der Waals surface area contributed by atoms with Crippen molar-refractivity contribution in [1.29, 1.82) is 0 Å². The highest BCUT2D eigenvalue weighted by atomic mass is 32.2. The summed E-state index contributed by atoms with van der Waals surface area (Å²) >= 11 is 1.36. The van der Waals surface area contributed by atoms with E-state index >= 15 is 0 Å². The maximum absolute atomic E-state index is 12.8.